The molecule has 146 valence electrons. The normalized spacial score (nSPS) is 24.4. The molecule has 3 heterocycles. The Balaban J connectivity index is 1.52. The molecule has 3 aliphatic heterocycles. The number of piperidine rings is 1. The zero-order valence-electron chi connectivity index (χ0n) is 14.7. The van der Waals surface area contributed by atoms with Crippen molar-refractivity contribution in [2.24, 2.45) is 0 Å². The average Bonchev–Trinajstić information content (AvgIpc) is 3.20. The molecule has 0 aromatic heterocycles. The van der Waals surface area contributed by atoms with E-state index in [1.54, 1.807) is 6.07 Å². The van der Waals surface area contributed by atoms with Gasteiger partial charge in [0.1, 0.15) is 17.9 Å². The molecule has 2 atom stereocenters. The summed E-state index contributed by atoms with van der Waals surface area (Å²) in [6, 6.07) is 3.42. The van der Waals surface area contributed by atoms with Crippen molar-refractivity contribution >= 4 is 29.7 Å². The fourth-order valence-corrected chi connectivity index (χ4v) is 3.71. The highest BCUT2D eigenvalue weighted by atomic mass is 16.5. The maximum Gasteiger partial charge on any atom is 0.407 e. The Hall–Kier alpha value is -3.43. The van der Waals surface area contributed by atoms with Crippen LogP contribution in [0.2, 0.25) is 0 Å². The van der Waals surface area contributed by atoms with Gasteiger partial charge in [0, 0.05) is 19.4 Å². The van der Waals surface area contributed by atoms with Gasteiger partial charge in [-0.3, -0.25) is 29.4 Å². The van der Waals surface area contributed by atoms with Gasteiger partial charge >= 0.3 is 6.09 Å². The van der Waals surface area contributed by atoms with Crippen molar-refractivity contribution in [3.63, 3.8) is 0 Å². The van der Waals surface area contributed by atoms with Crippen molar-refractivity contribution in [2.45, 2.75) is 31.4 Å². The van der Waals surface area contributed by atoms with Crippen molar-refractivity contribution < 1.29 is 33.8 Å². The van der Waals surface area contributed by atoms with E-state index in [0.29, 0.717) is 18.7 Å². The molecule has 4 rings (SSSR count). The Bertz CT molecular complexity index is 912. The largest absolute Gasteiger partial charge is 0.488 e. The number of hydrogen-bond acceptors (Lipinski definition) is 6. The number of hydrogen-bond donors (Lipinski definition) is 2. The number of nitrogens with one attached hydrogen (secondary N) is 1. The molecule has 3 aliphatic rings. The number of ether oxygens (including phenoxy) is 1. The molecule has 2 saturated heterocycles. The number of likely N-dealkylation sites (tertiary alicyclic amines) is 1. The van der Waals surface area contributed by atoms with Crippen LogP contribution in [0, 0.1) is 0 Å². The van der Waals surface area contributed by atoms with E-state index in [4.69, 9.17) is 9.84 Å². The van der Waals surface area contributed by atoms with Crippen LogP contribution in [0.3, 0.4) is 0 Å². The molecule has 0 saturated carbocycles. The van der Waals surface area contributed by atoms with Gasteiger partial charge in [0.2, 0.25) is 11.8 Å². The van der Waals surface area contributed by atoms with Crippen LogP contribution in [-0.4, -0.2) is 69.9 Å². The van der Waals surface area contributed by atoms with Crippen LogP contribution >= 0.6 is 0 Å². The van der Waals surface area contributed by atoms with Gasteiger partial charge in [0.05, 0.1) is 17.7 Å². The van der Waals surface area contributed by atoms with E-state index in [-0.39, 0.29) is 36.6 Å². The number of imide groups is 2. The molecular weight excluding hydrogens is 370 g/mol. The fourth-order valence-electron chi connectivity index (χ4n) is 3.71. The van der Waals surface area contributed by atoms with E-state index < -0.39 is 35.8 Å². The molecule has 0 spiro atoms. The third-order valence-electron chi connectivity index (χ3n) is 5.13. The molecule has 1 aromatic rings. The molecule has 10 heteroatoms. The molecule has 1 aromatic carbocycles. The number of carboxylic acid groups (broad SMARTS) is 1. The van der Waals surface area contributed by atoms with Gasteiger partial charge in [0.15, 0.2) is 0 Å². The number of fused-ring (bicyclic) bond motifs is 1. The number of nitrogens with zero attached hydrogens (tertiary/aromatic N) is 2. The van der Waals surface area contributed by atoms with Crippen LogP contribution < -0.4 is 10.1 Å². The highest BCUT2D eigenvalue weighted by molar-refractivity contribution is 6.23. The van der Waals surface area contributed by atoms with Gasteiger partial charge < -0.3 is 14.7 Å². The monoisotopic (exact) mass is 387 g/mol. The first-order chi connectivity index (χ1) is 13.3. The van der Waals surface area contributed by atoms with Gasteiger partial charge in [0.25, 0.3) is 11.8 Å². The summed E-state index contributed by atoms with van der Waals surface area (Å²) in [4.78, 5) is 61.9. The van der Waals surface area contributed by atoms with Crippen molar-refractivity contribution in [3.05, 3.63) is 29.3 Å². The lowest BCUT2D eigenvalue weighted by Gasteiger charge is -2.27. The lowest BCUT2D eigenvalue weighted by Crippen LogP contribution is -2.54. The van der Waals surface area contributed by atoms with E-state index in [1.165, 1.54) is 17.0 Å². The third-order valence-corrected chi connectivity index (χ3v) is 5.13. The maximum absolute atomic E-state index is 12.8. The number of amides is 5. The van der Waals surface area contributed by atoms with Crippen LogP contribution in [0.15, 0.2) is 18.2 Å². The lowest BCUT2D eigenvalue weighted by atomic mass is 10.0. The van der Waals surface area contributed by atoms with Crippen LogP contribution in [0.1, 0.15) is 40.0 Å². The second-order valence-electron chi connectivity index (χ2n) is 6.91. The van der Waals surface area contributed by atoms with E-state index in [0.717, 1.165) is 4.90 Å². The van der Waals surface area contributed by atoms with E-state index in [1.807, 2.05) is 0 Å². The summed E-state index contributed by atoms with van der Waals surface area (Å²) in [5, 5.41) is 11.2. The first-order valence-corrected chi connectivity index (χ1v) is 8.85. The molecule has 2 fully saturated rings. The summed E-state index contributed by atoms with van der Waals surface area (Å²) in [6.45, 7) is 0.591. The number of benzene rings is 1. The molecule has 28 heavy (non-hydrogen) atoms. The van der Waals surface area contributed by atoms with Gasteiger partial charge in [-0.2, -0.15) is 0 Å². The quantitative estimate of drug-likeness (QED) is 0.709. The van der Waals surface area contributed by atoms with Crippen LogP contribution in [-0.2, 0) is 9.59 Å². The predicted octanol–water partition coefficient (Wildman–Crippen LogP) is 0.219. The van der Waals surface area contributed by atoms with Crippen molar-refractivity contribution in [3.8, 4) is 5.75 Å². The zero-order chi connectivity index (χ0) is 20.0. The van der Waals surface area contributed by atoms with Gasteiger partial charge in [-0.05, 0) is 24.6 Å². The Morgan fingerprint density at radius 3 is 2.54 bits per heavy atom. The molecular formula is C18H17N3O7. The van der Waals surface area contributed by atoms with Crippen LogP contribution in [0.4, 0.5) is 4.79 Å². The molecule has 2 N–H and O–H groups in total. The minimum Gasteiger partial charge on any atom is -0.488 e. The number of carbonyl (C=O) groups excluding carboxylic acids is 4. The Morgan fingerprint density at radius 2 is 1.86 bits per heavy atom. The summed E-state index contributed by atoms with van der Waals surface area (Å²) >= 11 is 0. The highest BCUT2D eigenvalue weighted by Gasteiger charge is 2.44. The van der Waals surface area contributed by atoms with Crippen molar-refractivity contribution in [1.82, 2.24) is 15.1 Å². The van der Waals surface area contributed by atoms with Crippen LogP contribution in [0.25, 0.3) is 0 Å². The SMILES string of the molecule is O=C1CCC(N2C(=O)c3ccc(O[C@H]4CCN(C(=O)O)C4)cc3C2=O)C(=O)N1. The molecule has 0 bridgehead atoms. The predicted molar refractivity (Wildman–Crippen MR) is 91.7 cm³/mol. The Kier molecular flexibility index (Phi) is 4.25. The molecule has 10 nitrogen and oxygen atoms in total. The Morgan fingerprint density at radius 1 is 1.11 bits per heavy atom. The van der Waals surface area contributed by atoms with Gasteiger partial charge in [-0.1, -0.05) is 0 Å². The molecule has 0 aliphatic carbocycles. The number of rotatable bonds is 3. The smallest absolute Gasteiger partial charge is 0.407 e. The molecule has 0 radical (unpaired) electrons. The Labute approximate surface area is 159 Å². The molecule has 5 amide bonds. The average molecular weight is 387 g/mol. The topological polar surface area (TPSA) is 133 Å². The van der Waals surface area contributed by atoms with Crippen molar-refractivity contribution in [2.75, 3.05) is 13.1 Å². The first kappa shape index (κ1) is 18.0. The number of carbonyl (C=O) groups is 5. The van der Waals surface area contributed by atoms with Gasteiger partial charge in [-0.25, -0.2) is 4.79 Å². The summed E-state index contributed by atoms with van der Waals surface area (Å²) in [5.41, 5.74) is 0.293. The van der Waals surface area contributed by atoms with Crippen LogP contribution in [0.5, 0.6) is 5.75 Å². The standard InChI is InChI=1S/C18H17N3O7/c22-14-4-3-13(15(23)19-14)21-16(24)11-2-1-9(7-12(11)17(21)25)28-10-5-6-20(8-10)18(26)27/h1-2,7,10,13H,3-6,8H2,(H,26,27)(H,19,22,23)/t10-,13?/m0/s1. The summed E-state index contributed by atoms with van der Waals surface area (Å²) in [5.74, 6) is -1.94. The summed E-state index contributed by atoms with van der Waals surface area (Å²) < 4.78 is 5.77. The van der Waals surface area contributed by atoms with Crippen molar-refractivity contribution in [1.29, 1.82) is 0 Å². The first-order valence-electron chi connectivity index (χ1n) is 8.85. The van der Waals surface area contributed by atoms with E-state index in [9.17, 15) is 24.0 Å². The maximum atomic E-state index is 12.8. The third kappa shape index (κ3) is 2.96. The summed E-state index contributed by atoms with van der Waals surface area (Å²) in [6.07, 6.45) is -0.682. The minimum absolute atomic E-state index is 0.0555. The highest BCUT2D eigenvalue weighted by Crippen LogP contribution is 2.31. The van der Waals surface area contributed by atoms with E-state index in [2.05, 4.69) is 5.32 Å². The fraction of sp³-hybridized carbons (Fsp3) is 0.389. The second kappa shape index (κ2) is 6.63. The summed E-state index contributed by atoms with van der Waals surface area (Å²) in [7, 11) is 0. The van der Waals surface area contributed by atoms with E-state index >= 15 is 0 Å². The second-order valence-corrected chi connectivity index (χ2v) is 6.91. The zero-order valence-corrected chi connectivity index (χ0v) is 14.7. The minimum atomic E-state index is -1.02. The molecule has 1 unspecified atom stereocenters. The lowest BCUT2D eigenvalue weighted by molar-refractivity contribution is -0.136. The van der Waals surface area contributed by atoms with Gasteiger partial charge in [-0.15, -0.1) is 0 Å².